The van der Waals surface area contributed by atoms with Crippen molar-refractivity contribution in [3.05, 3.63) is 41.7 Å². The number of nitrogens with one attached hydrogen (secondary N) is 1. The van der Waals surface area contributed by atoms with Crippen molar-refractivity contribution >= 4 is 17.7 Å². The van der Waals surface area contributed by atoms with Crippen LogP contribution in [0.3, 0.4) is 0 Å². The second-order valence-electron chi connectivity index (χ2n) is 7.91. The van der Waals surface area contributed by atoms with Crippen molar-refractivity contribution in [2.24, 2.45) is 5.92 Å². The van der Waals surface area contributed by atoms with Gasteiger partial charge in [0.15, 0.2) is 0 Å². The number of amides is 1. The highest BCUT2D eigenvalue weighted by Gasteiger charge is 2.54. The fourth-order valence-corrected chi connectivity index (χ4v) is 6.02. The third-order valence-corrected chi connectivity index (χ3v) is 7.28. The number of aromatic nitrogens is 3. The van der Waals surface area contributed by atoms with E-state index in [0.717, 1.165) is 12.4 Å². The molecule has 0 aliphatic carbocycles. The second kappa shape index (κ2) is 6.95. The van der Waals surface area contributed by atoms with E-state index in [2.05, 4.69) is 55.3 Å². The Labute approximate surface area is 163 Å². The van der Waals surface area contributed by atoms with Gasteiger partial charge in [-0.05, 0) is 44.3 Å². The van der Waals surface area contributed by atoms with Gasteiger partial charge in [0, 0.05) is 18.5 Å². The van der Waals surface area contributed by atoms with Gasteiger partial charge in [0.05, 0.1) is 11.8 Å². The Morgan fingerprint density at radius 3 is 2.70 bits per heavy atom. The molecule has 1 amide bonds. The lowest BCUT2D eigenvalue weighted by molar-refractivity contribution is -0.133. The summed E-state index contributed by atoms with van der Waals surface area (Å²) in [7, 11) is 0. The molecule has 1 aromatic heterocycles. The maximum atomic E-state index is 13.2. The number of fused-ring (bicyclic) bond motifs is 2. The number of thioether (sulfide) groups is 1. The van der Waals surface area contributed by atoms with Gasteiger partial charge in [-0.3, -0.25) is 14.8 Å². The number of H-pyrrole nitrogens is 1. The maximum absolute atomic E-state index is 13.2. The molecule has 4 fully saturated rings. The highest BCUT2D eigenvalue weighted by atomic mass is 32.2. The predicted molar refractivity (Wildman–Crippen MR) is 105 cm³/mol. The molecule has 7 heteroatoms. The van der Waals surface area contributed by atoms with E-state index in [4.69, 9.17) is 0 Å². The molecule has 4 aliphatic rings. The van der Waals surface area contributed by atoms with Crippen molar-refractivity contribution in [1.82, 2.24) is 25.0 Å². The quantitative estimate of drug-likeness (QED) is 0.821. The summed E-state index contributed by atoms with van der Waals surface area (Å²) in [5.74, 6) is 2.49. The van der Waals surface area contributed by atoms with E-state index in [-0.39, 0.29) is 5.91 Å². The molecule has 4 saturated heterocycles. The smallest absolute Gasteiger partial charge is 0.233 e. The van der Waals surface area contributed by atoms with E-state index in [0.29, 0.717) is 34.8 Å². The topological polar surface area (TPSA) is 65.1 Å². The summed E-state index contributed by atoms with van der Waals surface area (Å²) < 4.78 is 0. The number of piperidine rings is 3. The first-order valence-electron chi connectivity index (χ1n) is 9.81. The Bertz CT molecular complexity index is 817. The van der Waals surface area contributed by atoms with Crippen LogP contribution in [-0.2, 0) is 4.79 Å². The highest BCUT2D eigenvalue weighted by molar-refractivity contribution is 7.99. The number of hydrogen-bond acceptors (Lipinski definition) is 5. The van der Waals surface area contributed by atoms with Crippen molar-refractivity contribution in [2.45, 2.75) is 42.9 Å². The van der Waals surface area contributed by atoms with Crippen LogP contribution in [-0.4, -0.2) is 68.4 Å². The van der Waals surface area contributed by atoms with Crippen LogP contribution < -0.4 is 0 Å². The monoisotopic (exact) mass is 383 g/mol. The maximum Gasteiger partial charge on any atom is 0.233 e. The van der Waals surface area contributed by atoms with E-state index < -0.39 is 0 Å². The summed E-state index contributed by atoms with van der Waals surface area (Å²) in [6.45, 7) is 5.07. The molecule has 27 heavy (non-hydrogen) atoms. The minimum absolute atomic E-state index is 0.227. The number of carbonyl (C=O) groups excluding carboxylic acids is 1. The van der Waals surface area contributed by atoms with Crippen LogP contribution in [0.4, 0.5) is 0 Å². The molecule has 2 aromatic rings. The van der Waals surface area contributed by atoms with E-state index >= 15 is 0 Å². The van der Waals surface area contributed by atoms with Crippen LogP contribution in [0.5, 0.6) is 0 Å². The molecule has 6 nitrogen and oxygen atoms in total. The second-order valence-corrected chi connectivity index (χ2v) is 8.85. The summed E-state index contributed by atoms with van der Waals surface area (Å²) in [4.78, 5) is 22.3. The standard InChI is InChI=1S/C20H25N5OS/c1-13-21-20(23-22-13)27-12-17(26)25-11-16(14-5-3-2-4-6-14)19-18(25)15-7-9-24(19)10-8-15/h2-6,15-16,18-19H,7-12H2,1H3,(H,21,22,23)/t16-,18+,19+/m0/s1. The zero-order valence-corrected chi connectivity index (χ0v) is 16.4. The van der Waals surface area contributed by atoms with Gasteiger partial charge in [0.2, 0.25) is 11.1 Å². The van der Waals surface area contributed by atoms with Gasteiger partial charge in [-0.2, -0.15) is 0 Å². The van der Waals surface area contributed by atoms with Crippen LogP contribution >= 0.6 is 11.8 Å². The Morgan fingerprint density at radius 2 is 2.00 bits per heavy atom. The molecule has 0 radical (unpaired) electrons. The molecule has 4 aliphatic heterocycles. The fourth-order valence-electron chi connectivity index (χ4n) is 5.29. The SMILES string of the molecule is Cc1nc(SCC(=O)N2C[C@@H](c3ccccc3)[C@@H]3[C@H]2C2CCN3CC2)n[nH]1. The predicted octanol–water partition coefficient (Wildman–Crippen LogP) is 2.29. The third-order valence-electron chi connectivity index (χ3n) is 6.44. The van der Waals surface area contributed by atoms with Crippen molar-refractivity contribution in [1.29, 1.82) is 0 Å². The van der Waals surface area contributed by atoms with E-state index in [1.165, 1.54) is 43.3 Å². The van der Waals surface area contributed by atoms with Gasteiger partial charge in [0.1, 0.15) is 5.82 Å². The van der Waals surface area contributed by atoms with Crippen LogP contribution in [0, 0.1) is 12.8 Å². The molecule has 1 aromatic carbocycles. The summed E-state index contributed by atoms with van der Waals surface area (Å²) in [5, 5.41) is 7.65. The molecule has 6 rings (SSSR count). The van der Waals surface area contributed by atoms with Crippen LogP contribution in [0.25, 0.3) is 0 Å². The molecular formula is C20H25N5OS. The van der Waals surface area contributed by atoms with Gasteiger partial charge >= 0.3 is 0 Å². The molecular weight excluding hydrogens is 358 g/mol. The zero-order valence-electron chi connectivity index (χ0n) is 15.5. The van der Waals surface area contributed by atoms with Crippen LogP contribution in [0.2, 0.25) is 0 Å². The first kappa shape index (κ1) is 17.3. The molecule has 0 saturated carbocycles. The molecule has 142 valence electrons. The summed E-state index contributed by atoms with van der Waals surface area (Å²) in [5.41, 5.74) is 1.37. The minimum Gasteiger partial charge on any atom is -0.336 e. The van der Waals surface area contributed by atoms with E-state index in [1.54, 1.807) is 0 Å². The Hall–Kier alpha value is -1.86. The molecule has 2 bridgehead atoms. The Kier molecular flexibility index (Phi) is 4.44. The fraction of sp³-hybridized carbons (Fsp3) is 0.550. The average molecular weight is 384 g/mol. The number of carbonyl (C=O) groups is 1. The molecule has 5 heterocycles. The third kappa shape index (κ3) is 3.06. The van der Waals surface area contributed by atoms with Crippen molar-refractivity contribution in [3.63, 3.8) is 0 Å². The van der Waals surface area contributed by atoms with Gasteiger partial charge in [-0.1, -0.05) is 42.1 Å². The molecule has 0 spiro atoms. The summed E-state index contributed by atoms with van der Waals surface area (Å²) >= 11 is 1.43. The number of benzene rings is 1. The number of hydrogen-bond donors (Lipinski definition) is 1. The number of likely N-dealkylation sites (tertiary alicyclic amines) is 1. The van der Waals surface area contributed by atoms with Crippen molar-refractivity contribution < 1.29 is 4.79 Å². The van der Waals surface area contributed by atoms with E-state index in [1.807, 2.05) is 6.92 Å². The van der Waals surface area contributed by atoms with Gasteiger partial charge in [-0.15, -0.1) is 5.10 Å². The summed E-state index contributed by atoms with van der Waals surface area (Å²) in [6.07, 6.45) is 2.44. The first-order valence-corrected chi connectivity index (χ1v) is 10.8. The normalized spacial score (nSPS) is 31.9. The highest BCUT2D eigenvalue weighted by Crippen LogP contribution is 2.46. The minimum atomic E-state index is 0.227. The molecule has 3 atom stereocenters. The molecule has 1 N–H and O–H groups in total. The number of aromatic amines is 1. The first-order chi connectivity index (χ1) is 13.2. The lowest BCUT2D eigenvalue weighted by atomic mass is 9.75. The lowest BCUT2D eigenvalue weighted by Crippen LogP contribution is -2.60. The van der Waals surface area contributed by atoms with Gasteiger partial charge in [0.25, 0.3) is 0 Å². The van der Waals surface area contributed by atoms with Crippen LogP contribution in [0.1, 0.15) is 30.1 Å². The van der Waals surface area contributed by atoms with Crippen LogP contribution in [0.15, 0.2) is 35.5 Å². The Morgan fingerprint density at radius 1 is 1.22 bits per heavy atom. The Balaban J connectivity index is 1.38. The van der Waals surface area contributed by atoms with Crippen molar-refractivity contribution in [3.8, 4) is 0 Å². The number of rotatable bonds is 4. The van der Waals surface area contributed by atoms with Gasteiger partial charge < -0.3 is 4.90 Å². The molecule has 0 unspecified atom stereocenters. The largest absolute Gasteiger partial charge is 0.336 e. The lowest BCUT2D eigenvalue weighted by Gasteiger charge is -2.51. The number of nitrogens with zero attached hydrogens (tertiary/aromatic N) is 4. The average Bonchev–Trinajstić information content (AvgIpc) is 3.33. The number of aryl methyl sites for hydroxylation is 1. The van der Waals surface area contributed by atoms with Crippen molar-refractivity contribution in [2.75, 3.05) is 25.4 Å². The summed E-state index contributed by atoms with van der Waals surface area (Å²) in [6, 6.07) is 11.6. The zero-order chi connectivity index (χ0) is 18.4. The van der Waals surface area contributed by atoms with E-state index in [9.17, 15) is 4.79 Å². The van der Waals surface area contributed by atoms with Gasteiger partial charge in [-0.25, -0.2) is 4.98 Å².